The molecule has 0 aromatic heterocycles. The molecule has 1 atom stereocenters. The number of amides is 1. The third-order valence-corrected chi connectivity index (χ3v) is 2.67. The Morgan fingerprint density at radius 2 is 1.94 bits per heavy atom. The molecule has 4 nitrogen and oxygen atoms in total. The quantitative estimate of drug-likeness (QED) is 0.776. The highest BCUT2D eigenvalue weighted by Gasteiger charge is 2.18. The summed E-state index contributed by atoms with van der Waals surface area (Å²) in [5.74, 6) is -1.17. The minimum absolute atomic E-state index is 0.196. The summed E-state index contributed by atoms with van der Waals surface area (Å²) in [5, 5.41) is 11.6. The van der Waals surface area contributed by atoms with Crippen molar-refractivity contribution in [1.82, 2.24) is 5.32 Å². The minimum Gasteiger partial charge on any atom is -0.480 e. The van der Waals surface area contributed by atoms with Gasteiger partial charge in [-0.1, -0.05) is 37.3 Å². The Bertz CT molecular complexity index is 389. The van der Waals surface area contributed by atoms with E-state index in [0.29, 0.717) is 19.3 Å². The highest BCUT2D eigenvalue weighted by molar-refractivity contribution is 5.83. The Labute approximate surface area is 107 Å². The summed E-state index contributed by atoms with van der Waals surface area (Å²) in [6, 6.07) is 8.85. The Morgan fingerprint density at radius 3 is 2.50 bits per heavy atom. The average molecular weight is 249 g/mol. The van der Waals surface area contributed by atoms with Crippen LogP contribution in [-0.4, -0.2) is 23.0 Å². The molecule has 0 aliphatic rings. The van der Waals surface area contributed by atoms with Crippen LogP contribution in [-0.2, 0) is 16.0 Å². The molecule has 0 aliphatic carbocycles. The van der Waals surface area contributed by atoms with E-state index in [1.165, 1.54) is 0 Å². The Morgan fingerprint density at radius 1 is 1.28 bits per heavy atom. The van der Waals surface area contributed by atoms with Crippen molar-refractivity contribution in [3.8, 4) is 0 Å². The van der Waals surface area contributed by atoms with E-state index >= 15 is 0 Å². The van der Waals surface area contributed by atoms with Crippen LogP contribution in [0.3, 0.4) is 0 Å². The van der Waals surface area contributed by atoms with Gasteiger partial charge in [0.15, 0.2) is 0 Å². The lowest BCUT2D eigenvalue weighted by molar-refractivity contribution is -0.142. The first-order valence-electron chi connectivity index (χ1n) is 6.19. The van der Waals surface area contributed by atoms with Crippen LogP contribution in [0.4, 0.5) is 0 Å². The number of benzene rings is 1. The van der Waals surface area contributed by atoms with Crippen LogP contribution >= 0.6 is 0 Å². The Balaban J connectivity index is 2.48. The topological polar surface area (TPSA) is 66.4 Å². The maximum Gasteiger partial charge on any atom is 0.326 e. The van der Waals surface area contributed by atoms with E-state index in [1.54, 1.807) is 0 Å². The zero-order valence-corrected chi connectivity index (χ0v) is 10.6. The van der Waals surface area contributed by atoms with Gasteiger partial charge in [0.1, 0.15) is 6.04 Å². The predicted molar refractivity (Wildman–Crippen MR) is 69.2 cm³/mol. The van der Waals surface area contributed by atoms with Crippen LogP contribution in [0.1, 0.15) is 31.7 Å². The SMILES string of the molecule is CCCC(=O)N[C@@H](CCc1ccccc1)C(=O)O. The molecule has 0 bridgehead atoms. The van der Waals surface area contributed by atoms with Crippen LogP contribution in [0.5, 0.6) is 0 Å². The average Bonchev–Trinajstić information content (AvgIpc) is 2.35. The number of carboxylic acid groups (broad SMARTS) is 1. The second-order valence-corrected chi connectivity index (χ2v) is 4.23. The number of carboxylic acids is 1. The second-order valence-electron chi connectivity index (χ2n) is 4.23. The lowest BCUT2D eigenvalue weighted by Crippen LogP contribution is -2.40. The molecule has 0 aliphatic heterocycles. The molecule has 4 heteroatoms. The van der Waals surface area contributed by atoms with Crippen molar-refractivity contribution < 1.29 is 14.7 Å². The van der Waals surface area contributed by atoms with Gasteiger partial charge in [-0.2, -0.15) is 0 Å². The number of carbonyl (C=O) groups is 2. The molecular formula is C14H19NO3. The van der Waals surface area contributed by atoms with Crippen molar-refractivity contribution in [2.24, 2.45) is 0 Å². The van der Waals surface area contributed by atoms with Crippen LogP contribution < -0.4 is 5.32 Å². The van der Waals surface area contributed by atoms with Gasteiger partial charge < -0.3 is 10.4 Å². The first-order chi connectivity index (χ1) is 8.63. The molecule has 1 rings (SSSR count). The van der Waals surface area contributed by atoms with Crippen LogP contribution in [0.25, 0.3) is 0 Å². The van der Waals surface area contributed by atoms with Crippen molar-refractivity contribution in [3.63, 3.8) is 0 Å². The summed E-state index contributed by atoms with van der Waals surface area (Å²) in [4.78, 5) is 22.4. The predicted octanol–water partition coefficient (Wildman–Crippen LogP) is 1.99. The van der Waals surface area contributed by atoms with Crippen LogP contribution in [0.2, 0.25) is 0 Å². The van der Waals surface area contributed by atoms with Crippen molar-refractivity contribution >= 4 is 11.9 Å². The molecule has 1 aromatic carbocycles. The number of carbonyl (C=O) groups excluding carboxylic acids is 1. The monoisotopic (exact) mass is 249 g/mol. The summed E-state index contributed by atoms with van der Waals surface area (Å²) < 4.78 is 0. The smallest absolute Gasteiger partial charge is 0.326 e. The molecule has 2 N–H and O–H groups in total. The van der Waals surface area contributed by atoms with Gasteiger partial charge in [-0.15, -0.1) is 0 Å². The summed E-state index contributed by atoms with van der Waals surface area (Å²) in [7, 11) is 0. The highest BCUT2D eigenvalue weighted by Crippen LogP contribution is 2.05. The zero-order valence-electron chi connectivity index (χ0n) is 10.6. The van der Waals surface area contributed by atoms with Gasteiger partial charge in [-0.05, 0) is 24.8 Å². The third-order valence-electron chi connectivity index (χ3n) is 2.67. The van der Waals surface area contributed by atoms with Crippen LogP contribution in [0, 0.1) is 0 Å². The summed E-state index contributed by atoms with van der Waals surface area (Å²) >= 11 is 0. The molecule has 0 fully saturated rings. The molecule has 18 heavy (non-hydrogen) atoms. The van der Waals surface area contributed by atoms with E-state index in [1.807, 2.05) is 37.3 Å². The van der Waals surface area contributed by atoms with Crippen molar-refractivity contribution in [1.29, 1.82) is 0 Å². The number of hydrogen-bond donors (Lipinski definition) is 2. The molecule has 98 valence electrons. The van der Waals surface area contributed by atoms with Gasteiger partial charge >= 0.3 is 5.97 Å². The first-order valence-corrected chi connectivity index (χ1v) is 6.19. The Hall–Kier alpha value is -1.84. The number of aryl methyl sites for hydroxylation is 1. The lowest BCUT2D eigenvalue weighted by Gasteiger charge is -2.14. The van der Waals surface area contributed by atoms with Crippen molar-refractivity contribution in [2.75, 3.05) is 0 Å². The fourth-order valence-corrected chi connectivity index (χ4v) is 1.71. The van der Waals surface area contributed by atoms with Gasteiger partial charge in [0, 0.05) is 6.42 Å². The minimum atomic E-state index is -0.976. The van der Waals surface area contributed by atoms with Gasteiger partial charge in [-0.25, -0.2) is 4.79 Å². The van der Waals surface area contributed by atoms with E-state index in [9.17, 15) is 9.59 Å². The molecule has 0 spiro atoms. The van der Waals surface area contributed by atoms with Crippen molar-refractivity contribution in [2.45, 2.75) is 38.6 Å². The van der Waals surface area contributed by atoms with E-state index in [4.69, 9.17) is 5.11 Å². The standard InChI is InChI=1S/C14H19NO3/c1-2-6-13(16)15-12(14(17)18)10-9-11-7-4-3-5-8-11/h3-5,7-8,12H,2,6,9-10H2,1H3,(H,15,16)(H,17,18)/t12-/m0/s1. The van der Waals surface area contributed by atoms with Crippen LogP contribution in [0.15, 0.2) is 30.3 Å². The Kier molecular flexibility index (Phi) is 5.91. The number of rotatable bonds is 7. The van der Waals surface area contributed by atoms with Gasteiger partial charge in [0.25, 0.3) is 0 Å². The fourth-order valence-electron chi connectivity index (χ4n) is 1.71. The maximum absolute atomic E-state index is 11.4. The van der Waals surface area contributed by atoms with E-state index in [0.717, 1.165) is 12.0 Å². The molecule has 1 amide bonds. The maximum atomic E-state index is 11.4. The first kappa shape index (κ1) is 14.2. The van der Waals surface area contributed by atoms with Crippen molar-refractivity contribution in [3.05, 3.63) is 35.9 Å². The van der Waals surface area contributed by atoms with E-state index < -0.39 is 12.0 Å². The van der Waals surface area contributed by atoms with Gasteiger partial charge in [0.05, 0.1) is 0 Å². The summed E-state index contributed by atoms with van der Waals surface area (Å²) in [6.45, 7) is 1.89. The van der Waals surface area contributed by atoms with Gasteiger partial charge in [-0.3, -0.25) is 4.79 Å². The lowest BCUT2D eigenvalue weighted by atomic mass is 10.1. The number of aliphatic carboxylic acids is 1. The highest BCUT2D eigenvalue weighted by atomic mass is 16.4. The third kappa shape index (κ3) is 4.99. The van der Waals surface area contributed by atoms with Gasteiger partial charge in [0.2, 0.25) is 5.91 Å². The molecule has 0 radical (unpaired) electrons. The molecule has 0 saturated carbocycles. The fraction of sp³-hybridized carbons (Fsp3) is 0.429. The van der Waals surface area contributed by atoms with E-state index in [2.05, 4.69) is 5.32 Å². The number of nitrogens with one attached hydrogen (secondary N) is 1. The second kappa shape index (κ2) is 7.48. The molecule has 0 unspecified atom stereocenters. The largest absolute Gasteiger partial charge is 0.480 e. The van der Waals surface area contributed by atoms with E-state index in [-0.39, 0.29) is 5.91 Å². The number of hydrogen-bond acceptors (Lipinski definition) is 2. The molecular weight excluding hydrogens is 230 g/mol. The summed E-state index contributed by atoms with van der Waals surface area (Å²) in [5.41, 5.74) is 1.08. The molecule has 0 heterocycles. The zero-order chi connectivity index (χ0) is 13.4. The molecule has 1 aromatic rings. The molecule has 0 saturated heterocycles. The normalized spacial score (nSPS) is 11.8. The summed E-state index contributed by atoms with van der Waals surface area (Å²) in [6.07, 6.45) is 2.14.